The minimum Gasteiger partial charge on any atom is -0.465 e. The van der Waals surface area contributed by atoms with E-state index in [2.05, 4.69) is 23.5 Å². The summed E-state index contributed by atoms with van der Waals surface area (Å²) >= 11 is 0. The fourth-order valence-corrected chi connectivity index (χ4v) is 5.05. The van der Waals surface area contributed by atoms with E-state index in [1.54, 1.807) is 51.4 Å². The Bertz CT molecular complexity index is 1850. The number of ether oxygens (including phenoxy) is 2. The summed E-state index contributed by atoms with van der Waals surface area (Å²) in [6.07, 6.45) is -2.52. The fraction of sp³-hybridized carbons (Fsp3) is 0.237. The van der Waals surface area contributed by atoms with Gasteiger partial charge in [0.2, 0.25) is 0 Å². The largest absolute Gasteiger partial charge is 0.465 e. The van der Waals surface area contributed by atoms with Crippen molar-refractivity contribution in [3.63, 3.8) is 0 Å². The molecule has 0 radical (unpaired) electrons. The second kappa shape index (κ2) is 15.0. The smallest absolute Gasteiger partial charge is 0.416 e. The summed E-state index contributed by atoms with van der Waals surface area (Å²) in [5, 5.41) is 3.25. The SMILES string of the molecule is C=C(CCCc1ccc(NC(=C)c2ccc(C)nc2-c2ccc(C(F)(F)F)cc2)c(C(=O)N(C)C)c1)Oc1ccc(C(=O)OC)cc1C. The molecule has 0 bridgehead atoms. The molecule has 0 saturated carbocycles. The van der Waals surface area contributed by atoms with Gasteiger partial charge >= 0.3 is 12.1 Å². The van der Waals surface area contributed by atoms with Crippen molar-refractivity contribution in [2.45, 2.75) is 39.3 Å². The lowest BCUT2D eigenvalue weighted by Gasteiger charge is -2.19. The van der Waals surface area contributed by atoms with Crippen molar-refractivity contribution in [2.24, 2.45) is 0 Å². The monoisotopic (exact) mass is 657 g/mol. The number of nitrogens with one attached hydrogen (secondary N) is 1. The Morgan fingerprint density at radius 1 is 0.917 bits per heavy atom. The Balaban J connectivity index is 1.49. The number of carbonyl (C=O) groups is 2. The first-order valence-corrected chi connectivity index (χ1v) is 15.2. The van der Waals surface area contributed by atoms with E-state index in [0.717, 1.165) is 23.3 Å². The summed E-state index contributed by atoms with van der Waals surface area (Å²) < 4.78 is 50.2. The summed E-state index contributed by atoms with van der Waals surface area (Å²) in [5.41, 5.74) is 5.05. The quantitative estimate of drug-likeness (QED) is 0.121. The van der Waals surface area contributed by atoms with E-state index in [1.165, 1.54) is 24.1 Å². The number of pyridine rings is 1. The molecule has 4 aromatic rings. The molecule has 0 spiro atoms. The number of nitrogens with zero attached hydrogens (tertiary/aromatic N) is 2. The first kappa shape index (κ1) is 35.5. The highest BCUT2D eigenvalue weighted by molar-refractivity contribution is 6.01. The molecule has 0 aliphatic rings. The zero-order chi connectivity index (χ0) is 35.2. The lowest BCUT2D eigenvalue weighted by molar-refractivity contribution is -0.137. The predicted octanol–water partition coefficient (Wildman–Crippen LogP) is 8.87. The molecule has 0 unspecified atom stereocenters. The minimum absolute atomic E-state index is 0.212. The predicted molar refractivity (Wildman–Crippen MR) is 182 cm³/mol. The molecule has 0 atom stereocenters. The normalized spacial score (nSPS) is 11.1. The number of alkyl halides is 3. The molecule has 1 amide bonds. The standard InChI is InChI=1S/C38H38F3N3O4/c1-23-21-29(37(46)47-7)15-20-34(23)48-25(3)9-8-10-27-12-19-33(32(22-27)36(45)44(5)6)43-26(4)31-18-11-24(2)42-35(31)28-13-16-30(17-14-28)38(39,40)41/h11-22,43H,3-4,8-10H2,1-2,5-7H3. The number of amides is 1. The van der Waals surface area contributed by atoms with E-state index in [4.69, 9.17) is 9.47 Å². The molecule has 0 aliphatic heterocycles. The number of esters is 1. The lowest BCUT2D eigenvalue weighted by atomic mass is 10.00. The molecule has 1 N–H and O–H groups in total. The molecule has 3 aromatic carbocycles. The van der Waals surface area contributed by atoms with Gasteiger partial charge in [-0.05, 0) is 92.4 Å². The van der Waals surface area contributed by atoms with Crippen molar-refractivity contribution in [1.29, 1.82) is 0 Å². The number of aryl methyl sites for hydroxylation is 3. The minimum atomic E-state index is -4.45. The molecule has 0 saturated heterocycles. The third-order valence-corrected chi connectivity index (χ3v) is 7.62. The molecule has 4 rings (SSSR count). The molecular formula is C38H38F3N3O4. The number of benzene rings is 3. The Morgan fingerprint density at radius 3 is 2.25 bits per heavy atom. The Morgan fingerprint density at radius 2 is 1.62 bits per heavy atom. The Hall–Kier alpha value is -5.38. The van der Waals surface area contributed by atoms with E-state index in [0.29, 0.717) is 75.8 Å². The highest BCUT2D eigenvalue weighted by Gasteiger charge is 2.30. The van der Waals surface area contributed by atoms with Crippen LogP contribution in [0.3, 0.4) is 0 Å². The van der Waals surface area contributed by atoms with Gasteiger partial charge in [-0.3, -0.25) is 9.78 Å². The van der Waals surface area contributed by atoms with Crippen molar-refractivity contribution < 1.29 is 32.2 Å². The highest BCUT2D eigenvalue weighted by atomic mass is 19.4. The zero-order valence-corrected chi connectivity index (χ0v) is 27.6. The van der Waals surface area contributed by atoms with Crippen LogP contribution < -0.4 is 10.1 Å². The number of anilines is 1. The molecule has 250 valence electrons. The Labute approximate surface area is 278 Å². The van der Waals surface area contributed by atoms with Crippen LogP contribution in [0, 0.1) is 13.8 Å². The van der Waals surface area contributed by atoms with Gasteiger partial charge in [-0.15, -0.1) is 0 Å². The molecule has 0 fully saturated rings. The number of methoxy groups -OCH3 is 1. The maximum absolute atomic E-state index is 13.3. The molecule has 0 aliphatic carbocycles. The molecule has 48 heavy (non-hydrogen) atoms. The van der Waals surface area contributed by atoms with E-state index < -0.39 is 17.7 Å². The summed E-state index contributed by atoms with van der Waals surface area (Å²) in [5.74, 6) is 0.540. The van der Waals surface area contributed by atoms with Crippen molar-refractivity contribution in [1.82, 2.24) is 9.88 Å². The van der Waals surface area contributed by atoms with Gasteiger partial charge < -0.3 is 19.7 Å². The number of carbonyl (C=O) groups excluding carboxylic acids is 2. The van der Waals surface area contributed by atoms with Crippen LogP contribution in [0.2, 0.25) is 0 Å². The van der Waals surface area contributed by atoms with E-state index >= 15 is 0 Å². The molecular weight excluding hydrogens is 619 g/mol. The van der Waals surface area contributed by atoms with Gasteiger partial charge in [0.05, 0.1) is 40.9 Å². The van der Waals surface area contributed by atoms with E-state index in [-0.39, 0.29) is 5.91 Å². The van der Waals surface area contributed by atoms with Crippen molar-refractivity contribution >= 4 is 23.3 Å². The third-order valence-electron chi connectivity index (χ3n) is 7.62. The maximum atomic E-state index is 13.3. The summed E-state index contributed by atoms with van der Waals surface area (Å²) in [6, 6.07) is 19.0. The van der Waals surface area contributed by atoms with Crippen LogP contribution in [0.25, 0.3) is 17.0 Å². The van der Waals surface area contributed by atoms with Gasteiger partial charge in [-0.25, -0.2) is 4.79 Å². The van der Waals surface area contributed by atoms with Crippen LogP contribution in [0.15, 0.2) is 91.7 Å². The highest BCUT2D eigenvalue weighted by Crippen LogP contribution is 2.34. The number of allylic oxidation sites excluding steroid dienone is 1. The van der Waals surface area contributed by atoms with E-state index in [9.17, 15) is 22.8 Å². The number of aromatic nitrogens is 1. The molecule has 10 heteroatoms. The second-order valence-electron chi connectivity index (χ2n) is 11.6. The number of halogens is 3. The number of hydrogen-bond acceptors (Lipinski definition) is 6. The van der Waals surface area contributed by atoms with Crippen molar-refractivity contribution in [3.05, 3.63) is 131 Å². The van der Waals surface area contributed by atoms with Crippen LogP contribution in [0.4, 0.5) is 18.9 Å². The fourth-order valence-electron chi connectivity index (χ4n) is 5.05. The van der Waals surface area contributed by atoms with Crippen molar-refractivity contribution in [3.8, 4) is 17.0 Å². The molecule has 1 aromatic heterocycles. The van der Waals surface area contributed by atoms with Gasteiger partial charge in [0.15, 0.2) is 0 Å². The summed E-state index contributed by atoms with van der Waals surface area (Å²) in [7, 11) is 4.67. The van der Waals surface area contributed by atoms with Gasteiger partial charge in [0.1, 0.15) is 5.75 Å². The topological polar surface area (TPSA) is 80.8 Å². The van der Waals surface area contributed by atoms with Gasteiger partial charge in [0, 0.05) is 43.0 Å². The number of rotatable bonds is 12. The van der Waals surface area contributed by atoms with Gasteiger partial charge in [0.25, 0.3) is 5.91 Å². The summed E-state index contributed by atoms with van der Waals surface area (Å²) in [4.78, 5) is 31.1. The van der Waals surface area contributed by atoms with Crippen LogP contribution in [-0.4, -0.2) is 43.0 Å². The van der Waals surface area contributed by atoms with Crippen LogP contribution >= 0.6 is 0 Å². The van der Waals surface area contributed by atoms with Crippen LogP contribution in [0.5, 0.6) is 5.75 Å². The average molecular weight is 658 g/mol. The van der Waals surface area contributed by atoms with Gasteiger partial charge in [-0.1, -0.05) is 31.4 Å². The summed E-state index contributed by atoms with van der Waals surface area (Å²) in [6.45, 7) is 11.9. The number of hydrogen-bond donors (Lipinski definition) is 1. The van der Waals surface area contributed by atoms with Crippen LogP contribution in [0.1, 0.15) is 61.5 Å². The third kappa shape index (κ3) is 8.70. The van der Waals surface area contributed by atoms with E-state index in [1.807, 2.05) is 25.1 Å². The first-order chi connectivity index (χ1) is 22.7. The second-order valence-corrected chi connectivity index (χ2v) is 11.6. The zero-order valence-electron chi connectivity index (χ0n) is 27.6. The van der Waals surface area contributed by atoms with Crippen molar-refractivity contribution in [2.75, 3.05) is 26.5 Å². The van der Waals surface area contributed by atoms with Gasteiger partial charge in [-0.2, -0.15) is 13.2 Å². The Kier molecular flexibility index (Phi) is 11.1. The lowest BCUT2D eigenvalue weighted by Crippen LogP contribution is -2.23. The maximum Gasteiger partial charge on any atom is 0.416 e. The van der Waals surface area contributed by atoms with Crippen LogP contribution in [-0.2, 0) is 17.3 Å². The molecule has 7 nitrogen and oxygen atoms in total. The first-order valence-electron chi connectivity index (χ1n) is 15.2. The molecule has 1 heterocycles. The average Bonchev–Trinajstić information content (AvgIpc) is 3.05.